The van der Waals surface area contributed by atoms with E-state index in [1.54, 1.807) is 0 Å². The molecule has 1 aromatic carbocycles. The van der Waals surface area contributed by atoms with E-state index in [0.717, 1.165) is 12.1 Å². The Morgan fingerprint density at radius 2 is 1.89 bits per heavy atom. The van der Waals surface area contributed by atoms with Gasteiger partial charge < -0.3 is 10.4 Å². The lowest BCUT2D eigenvalue weighted by Crippen LogP contribution is -2.30. The SMILES string of the molecule is O=CNC(CCC(=O)O)Cc1cc(F)c(F)c(F)c1. The molecular formula is C12H12F3NO3. The number of amides is 1. The van der Waals surface area contributed by atoms with Crippen LogP contribution in [-0.4, -0.2) is 23.5 Å². The molecule has 1 aromatic rings. The number of halogens is 3. The summed E-state index contributed by atoms with van der Waals surface area (Å²) in [6.07, 6.45) is 0.301. The highest BCUT2D eigenvalue weighted by molar-refractivity contribution is 5.66. The van der Waals surface area contributed by atoms with Gasteiger partial charge in [-0.3, -0.25) is 9.59 Å². The topological polar surface area (TPSA) is 66.4 Å². The molecule has 0 fully saturated rings. The summed E-state index contributed by atoms with van der Waals surface area (Å²) in [6, 6.07) is 1.05. The van der Waals surface area contributed by atoms with Gasteiger partial charge in [0.2, 0.25) is 6.41 Å². The second-order valence-corrected chi connectivity index (χ2v) is 3.99. The molecule has 0 aromatic heterocycles. The molecule has 0 spiro atoms. The van der Waals surface area contributed by atoms with Gasteiger partial charge in [-0.05, 0) is 30.5 Å². The van der Waals surface area contributed by atoms with Gasteiger partial charge in [0.05, 0.1) is 0 Å². The molecule has 0 saturated carbocycles. The van der Waals surface area contributed by atoms with Gasteiger partial charge in [-0.15, -0.1) is 0 Å². The number of nitrogens with one attached hydrogen (secondary N) is 1. The predicted octanol–water partition coefficient (Wildman–Crippen LogP) is 1.63. The minimum atomic E-state index is -1.56. The van der Waals surface area contributed by atoms with Gasteiger partial charge in [-0.25, -0.2) is 13.2 Å². The second kappa shape index (κ2) is 6.77. The molecule has 0 aliphatic heterocycles. The molecular weight excluding hydrogens is 263 g/mol. The van der Waals surface area contributed by atoms with Gasteiger partial charge in [0, 0.05) is 12.5 Å². The van der Waals surface area contributed by atoms with Crippen molar-refractivity contribution in [3.8, 4) is 0 Å². The largest absolute Gasteiger partial charge is 0.481 e. The maximum atomic E-state index is 13.0. The standard InChI is InChI=1S/C12H12F3NO3/c13-9-4-7(5-10(14)12(9)15)3-8(16-6-17)1-2-11(18)19/h4-6,8H,1-3H2,(H,16,17)(H,18,19). The molecule has 1 amide bonds. The average molecular weight is 275 g/mol. The van der Waals surface area contributed by atoms with Gasteiger partial charge in [-0.2, -0.15) is 0 Å². The quantitative estimate of drug-likeness (QED) is 0.587. The summed E-state index contributed by atoms with van der Waals surface area (Å²) in [6.45, 7) is 0. The average Bonchev–Trinajstić information content (AvgIpc) is 2.33. The van der Waals surface area contributed by atoms with Crippen molar-refractivity contribution in [1.82, 2.24) is 5.32 Å². The minimum Gasteiger partial charge on any atom is -0.481 e. The van der Waals surface area contributed by atoms with Gasteiger partial charge in [0.1, 0.15) is 0 Å². The Kier molecular flexibility index (Phi) is 5.35. The van der Waals surface area contributed by atoms with E-state index in [-0.39, 0.29) is 24.8 Å². The van der Waals surface area contributed by atoms with Crippen LogP contribution < -0.4 is 5.32 Å². The number of hydrogen-bond donors (Lipinski definition) is 2. The van der Waals surface area contributed by atoms with Crippen LogP contribution in [0.4, 0.5) is 13.2 Å². The Labute approximate surface area is 107 Å². The van der Waals surface area contributed by atoms with E-state index >= 15 is 0 Å². The first-order valence-electron chi connectivity index (χ1n) is 5.49. The molecule has 1 atom stereocenters. The van der Waals surface area contributed by atoms with Crippen LogP contribution in [0.3, 0.4) is 0 Å². The molecule has 104 valence electrons. The third kappa shape index (κ3) is 4.61. The highest BCUT2D eigenvalue weighted by atomic mass is 19.2. The predicted molar refractivity (Wildman–Crippen MR) is 59.9 cm³/mol. The van der Waals surface area contributed by atoms with Gasteiger partial charge in [0.25, 0.3) is 0 Å². The molecule has 1 rings (SSSR count). The summed E-state index contributed by atoms with van der Waals surface area (Å²) in [7, 11) is 0. The Balaban J connectivity index is 2.78. The van der Waals surface area contributed by atoms with E-state index in [0.29, 0.717) is 6.41 Å². The zero-order chi connectivity index (χ0) is 14.4. The molecule has 0 aliphatic rings. The fourth-order valence-electron chi connectivity index (χ4n) is 1.65. The smallest absolute Gasteiger partial charge is 0.303 e. The van der Waals surface area contributed by atoms with E-state index in [4.69, 9.17) is 5.11 Å². The fourth-order valence-corrected chi connectivity index (χ4v) is 1.65. The number of carboxylic acids is 1. The van der Waals surface area contributed by atoms with E-state index in [1.165, 1.54) is 0 Å². The van der Waals surface area contributed by atoms with Crippen LogP contribution in [0, 0.1) is 17.5 Å². The molecule has 0 heterocycles. The Hall–Kier alpha value is -2.05. The Morgan fingerprint density at radius 1 is 1.32 bits per heavy atom. The lowest BCUT2D eigenvalue weighted by Gasteiger charge is -2.15. The van der Waals surface area contributed by atoms with Crippen LogP contribution in [0.1, 0.15) is 18.4 Å². The number of benzene rings is 1. The van der Waals surface area contributed by atoms with Crippen molar-refractivity contribution in [2.45, 2.75) is 25.3 Å². The summed E-state index contributed by atoms with van der Waals surface area (Å²) < 4.78 is 38.7. The summed E-state index contributed by atoms with van der Waals surface area (Å²) >= 11 is 0. The highest BCUT2D eigenvalue weighted by Gasteiger charge is 2.15. The molecule has 0 bridgehead atoms. The second-order valence-electron chi connectivity index (χ2n) is 3.99. The first kappa shape index (κ1) is 15.0. The monoisotopic (exact) mass is 275 g/mol. The molecule has 7 heteroatoms. The lowest BCUT2D eigenvalue weighted by atomic mass is 10.0. The zero-order valence-corrected chi connectivity index (χ0v) is 9.83. The molecule has 1 unspecified atom stereocenters. The van der Waals surface area contributed by atoms with Gasteiger partial charge in [0.15, 0.2) is 17.5 Å². The van der Waals surface area contributed by atoms with Gasteiger partial charge >= 0.3 is 5.97 Å². The number of carbonyl (C=O) groups excluding carboxylic acids is 1. The van der Waals surface area contributed by atoms with Crippen molar-refractivity contribution in [3.05, 3.63) is 35.1 Å². The van der Waals surface area contributed by atoms with Crippen LogP contribution in [0.25, 0.3) is 0 Å². The number of aliphatic carboxylic acids is 1. The molecule has 0 aliphatic carbocycles. The lowest BCUT2D eigenvalue weighted by molar-refractivity contribution is -0.137. The van der Waals surface area contributed by atoms with Crippen molar-refractivity contribution >= 4 is 12.4 Å². The van der Waals surface area contributed by atoms with Crippen LogP contribution in [0.2, 0.25) is 0 Å². The third-order valence-corrected chi connectivity index (χ3v) is 2.54. The van der Waals surface area contributed by atoms with Crippen molar-refractivity contribution in [1.29, 1.82) is 0 Å². The fraction of sp³-hybridized carbons (Fsp3) is 0.333. The normalized spacial score (nSPS) is 11.9. The van der Waals surface area contributed by atoms with Gasteiger partial charge in [-0.1, -0.05) is 0 Å². The maximum Gasteiger partial charge on any atom is 0.303 e. The first-order valence-corrected chi connectivity index (χ1v) is 5.49. The number of carboxylic acid groups (broad SMARTS) is 1. The zero-order valence-electron chi connectivity index (χ0n) is 9.83. The van der Waals surface area contributed by atoms with Crippen molar-refractivity contribution in [2.75, 3.05) is 0 Å². The number of rotatable bonds is 7. The third-order valence-electron chi connectivity index (χ3n) is 2.54. The minimum absolute atomic E-state index is 0.0140. The summed E-state index contributed by atoms with van der Waals surface area (Å²) in [4.78, 5) is 20.8. The Bertz CT molecular complexity index is 456. The maximum absolute atomic E-state index is 13.0. The van der Waals surface area contributed by atoms with E-state index in [9.17, 15) is 22.8 Å². The summed E-state index contributed by atoms with van der Waals surface area (Å²) in [5.41, 5.74) is 0.140. The first-order chi connectivity index (χ1) is 8.93. The summed E-state index contributed by atoms with van der Waals surface area (Å²) in [5.74, 6) is -5.25. The van der Waals surface area contributed by atoms with E-state index in [1.807, 2.05) is 0 Å². The van der Waals surface area contributed by atoms with Crippen LogP contribution in [0.5, 0.6) is 0 Å². The van der Waals surface area contributed by atoms with Crippen molar-refractivity contribution in [2.24, 2.45) is 0 Å². The number of hydrogen-bond acceptors (Lipinski definition) is 2. The molecule has 19 heavy (non-hydrogen) atoms. The Morgan fingerprint density at radius 3 is 2.37 bits per heavy atom. The van der Waals surface area contributed by atoms with Crippen molar-refractivity contribution < 1.29 is 27.9 Å². The molecule has 0 saturated heterocycles. The molecule has 4 nitrogen and oxygen atoms in total. The van der Waals surface area contributed by atoms with Crippen LogP contribution in [-0.2, 0) is 16.0 Å². The number of carbonyl (C=O) groups is 2. The molecule has 0 radical (unpaired) electrons. The highest BCUT2D eigenvalue weighted by Crippen LogP contribution is 2.16. The van der Waals surface area contributed by atoms with E-state index < -0.39 is 29.5 Å². The van der Waals surface area contributed by atoms with Crippen molar-refractivity contribution in [3.63, 3.8) is 0 Å². The van der Waals surface area contributed by atoms with Crippen LogP contribution >= 0.6 is 0 Å². The summed E-state index contributed by atoms with van der Waals surface area (Å²) in [5, 5.41) is 10.9. The van der Waals surface area contributed by atoms with E-state index in [2.05, 4.69) is 5.32 Å². The molecule has 2 N–H and O–H groups in total. The van der Waals surface area contributed by atoms with Crippen LogP contribution in [0.15, 0.2) is 12.1 Å².